The van der Waals surface area contributed by atoms with Gasteiger partial charge in [-0.1, -0.05) is 31.0 Å². The van der Waals surface area contributed by atoms with Crippen LogP contribution in [0.15, 0.2) is 53.4 Å². The number of rotatable bonds is 9. The zero-order valence-corrected chi connectivity index (χ0v) is 18.7. The summed E-state index contributed by atoms with van der Waals surface area (Å²) in [4.78, 5) is 12.6. The van der Waals surface area contributed by atoms with Gasteiger partial charge < -0.3 is 14.8 Å². The molecule has 1 N–H and O–H groups in total. The number of anilines is 1. The van der Waals surface area contributed by atoms with Gasteiger partial charge in [0.2, 0.25) is 15.9 Å². The second-order valence-corrected chi connectivity index (χ2v) is 9.43. The Morgan fingerprint density at radius 1 is 1.03 bits per heavy atom. The predicted octanol–water partition coefficient (Wildman–Crippen LogP) is 4.06. The molecule has 31 heavy (non-hydrogen) atoms. The first-order valence-electron chi connectivity index (χ1n) is 10.7. The summed E-state index contributed by atoms with van der Waals surface area (Å²) in [5.74, 6) is 0.957. The van der Waals surface area contributed by atoms with Gasteiger partial charge >= 0.3 is 0 Å². The van der Waals surface area contributed by atoms with E-state index in [1.165, 1.54) is 23.5 Å². The molecule has 0 atom stereocenters. The second-order valence-electron chi connectivity index (χ2n) is 7.49. The van der Waals surface area contributed by atoms with Gasteiger partial charge in [0.1, 0.15) is 11.5 Å². The van der Waals surface area contributed by atoms with Gasteiger partial charge in [-0.05, 0) is 49.6 Å². The maximum absolute atomic E-state index is 13.1. The number of para-hydroxylation sites is 1. The fourth-order valence-corrected chi connectivity index (χ4v) is 5.07. The number of ether oxygens (including phenoxy) is 2. The molecule has 0 spiro atoms. The quantitative estimate of drug-likeness (QED) is 0.587. The van der Waals surface area contributed by atoms with E-state index in [1.807, 2.05) is 30.3 Å². The molecule has 1 amide bonds. The van der Waals surface area contributed by atoms with Crippen LogP contribution in [0, 0.1) is 0 Å². The molecular formula is C23H30N2O5S. The van der Waals surface area contributed by atoms with Gasteiger partial charge in [-0.15, -0.1) is 0 Å². The predicted molar refractivity (Wildman–Crippen MR) is 120 cm³/mol. The molecular weight excluding hydrogens is 416 g/mol. The van der Waals surface area contributed by atoms with Gasteiger partial charge in [-0.2, -0.15) is 4.31 Å². The van der Waals surface area contributed by atoms with Gasteiger partial charge in [0.15, 0.2) is 0 Å². The molecule has 0 unspecified atom stereocenters. The fourth-order valence-electron chi connectivity index (χ4n) is 3.53. The number of nitrogens with zero attached hydrogens (tertiary/aromatic N) is 1. The maximum Gasteiger partial charge on any atom is 0.243 e. The van der Waals surface area contributed by atoms with Crippen LogP contribution in [-0.4, -0.2) is 45.4 Å². The van der Waals surface area contributed by atoms with Crippen molar-refractivity contribution in [3.8, 4) is 11.5 Å². The van der Waals surface area contributed by atoms with E-state index in [0.717, 1.165) is 31.4 Å². The summed E-state index contributed by atoms with van der Waals surface area (Å²) in [6.07, 6.45) is 4.61. The van der Waals surface area contributed by atoms with E-state index < -0.39 is 10.0 Å². The molecule has 1 aliphatic rings. The Kier molecular flexibility index (Phi) is 8.31. The lowest BCUT2D eigenvalue weighted by Gasteiger charge is -2.21. The molecule has 7 nitrogen and oxygen atoms in total. The minimum Gasteiger partial charge on any atom is -0.495 e. The summed E-state index contributed by atoms with van der Waals surface area (Å²) >= 11 is 0. The fraction of sp³-hybridized carbons (Fsp3) is 0.435. The Labute approximate surface area is 184 Å². The van der Waals surface area contributed by atoms with E-state index in [9.17, 15) is 13.2 Å². The first-order valence-corrected chi connectivity index (χ1v) is 12.1. The normalized spacial score (nSPS) is 15.1. The van der Waals surface area contributed by atoms with E-state index in [0.29, 0.717) is 37.6 Å². The second kappa shape index (κ2) is 11.2. The Bertz CT molecular complexity index is 955. The van der Waals surface area contributed by atoms with Crippen molar-refractivity contribution in [2.45, 2.75) is 43.4 Å². The number of nitrogens with one attached hydrogen (secondary N) is 1. The average Bonchev–Trinajstić information content (AvgIpc) is 3.08. The molecule has 2 aromatic rings. The van der Waals surface area contributed by atoms with E-state index in [1.54, 1.807) is 6.07 Å². The molecule has 0 aliphatic carbocycles. The third-order valence-electron chi connectivity index (χ3n) is 5.21. The van der Waals surface area contributed by atoms with Gasteiger partial charge in [-0.3, -0.25) is 4.79 Å². The number of hydrogen-bond donors (Lipinski definition) is 1. The molecule has 8 heteroatoms. The van der Waals surface area contributed by atoms with E-state index in [-0.39, 0.29) is 17.2 Å². The standard InChI is InChI=1S/C23H30N2O5S/c1-29-22-14-13-20(31(27,28)25-15-7-2-3-8-16-25)18-21(22)24-23(26)12-9-17-30-19-10-5-4-6-11-19/h4-6,10-11,13-14,18H,2-3,7-9,12,15-17H2,1H3,(H,24,26). The molecule has 3 rings (SSSR count). The van der Waals surface area contributed by atoms with Crippen molar-refractivity contribution in [1.29, 1.82) is 0 Å². The lowest BCUT2D eigenvalue weighted by molar-refractivity contribution is -0.116. The highest BCUT2D eigenvalue weighted by Crippen LogP contribution is 2.30. The van der Waals surface area contributed by atoms with Crippen molar-refractivity contribution in [2.75, 3.05) is 32.1 Å². The van der Waals surface area contributed by atoms with Crippen molar-refractivity contribution in [3.05, 3.63) is 48.5 Å². The largest absolute Gasteiger partial charge is 0.495 e. The van der Waals surface area contributed by atoms with Gasteiger partial charge in [0, 0.05) is 19.5 Å². The number of benzene rings is 2. The number of hydrogen-bond acceptors (Lipinski definition) is 5. The molecule has 0 saturated carbocycles. The van der Waals surface area contributed by atoms with Crippen LogP contribution in [0.2, 0.25) is 0 Å². The number of carbonyl (C=O) groups is 1. The van der Waals surface area contributed by atoms with Crippen LogP contribution in [0.1, 0.15) is 38.5 Å². The van der Waals surface area contributed by atoms with Crippen LogP contribution >= 0.6 is 0 Å². The molecule has 0 bridgehead atoms. The first-order chi connectivity index (χ1) is 15.0. The highest BCUT2D eigenvalue weighted by molar-refractivity contribution is 7.89. The summed E-state index contributed by atoms with van der Waals surface area (Å²) in [5.41, 5.74) is 0.354. The highest BCUT2D eigenvalue weighted by Gasteiger charge is 2.26. The van der Waals surface area contributed by atoms with Crippen LogP contribution in [0.5, 0.6) is 11.5 Å². The van der Waals surface area contributed by atoms with Crippen LogP contribution < -0.4 is 14.8 Å². The minimum atomic E-state index is -3.61. The molecule has 1 aliphatic heterocycles. The van der Waals surface area contributed by atoms with Crippen molar-refractivity contribution in [2.24, 2.45) is 0 Å². The smallest absolute Gasteiger partial charge is 0.243 e. The summed E-state index contributed by atoms with van der Waals surface area (Å²) in [5, 5.41) is 2.79. The van der Waals surface area contributed by atoms with Gasteiger partial charge in [-0.25, -0.2) is 8.42 Å². The summed E-state index contributed by atoms with van der Waals surface area (Å²) in [6.45, 7) is 1.47. The zero-order valence-electron chi connectivity index (χ0n) is 17.9. The van der Waals surface area contributed by atoms with Crippen LogP contribution in [-0.2, 0) is 14.8 Å². The molecule has 2 aromatic carbocycles. The monoisotopic (exact) mass is 446 g/mol. The number of sulfonamides is 1. The molecule has 0 radical (unpaired) electrons. The van der Waals surface area contributed by atoms with Crippen molar-refractivity contribution in [1.82, 2.24) is 4.31 Å². The molecule has 1 saturated heterocycles. The van der Waals surface area contributed by atoms with Crippen molar-refractivity contribution in [3.63, 3.8) is 0 Å². The number of carbonyl (C=O) groups excluding carboxylic acids is 1. The first kappa shape index (κ1) is 23.1. The minimum absolute atomic E-state index is 0.165. The van der Waals surface area contributed by atoms with Crippen LogP contribution in [0.4, 0.5) is 5.69 Å². The Morgan fingerprint density at radius 3 is 2.42 bits per heavy atom. The summed E-state index contributed by atoms with van der Waals surface area (Å²) in [7, 11) is -2.13. The van der Waals surface area contributed by atoms with Gasteiger partial charge in [0.05, 0.1) is 24.3 Å². The van der Waals surface area contributed by atoms with E-state index in [4.69, 9.17) is 9.47 Å². The zero-order chi connectivity index (χ0) is 22.1. The highest BCUT2D eigenvalue weighted by atomic mass is 32.2. The third kappa shape index (κ3) is 6.45. The molecule has 1 fully saturated rings. The third-order valence-corrected chi connectivity index (χ3v) is 7.10. The van der Waals surface area contributed by atoms with Crippen molar-refractivity contribution >= 4 is 21.6 Å². The Morgan fingerprint density at radius 2 is 1.74 bits per heavy atom. The summed E-state index contributed by atoms with van der Waals surface area (Å²) < 4.78 is 38.6. The molecule has 1 heterocycles. The van der Waals surface area contributed by atoms with Gasteiger partial charge in [0.25, 0.3) is 0 Å². The SMILES string of the molecule is COc1ccc(S(=O)(=O)N2CCCCCC2)cc1NC(=O)CCCOc1ccccc1. The summed E-state index contributed by atoms with van der Waals surface area (Å²) in [6, 6.07) is 14.0. The number of amides is 1. The Hall–Kier alpha value is -2.58. The van der Waals surface area contributed by atoms with E-state index in [2.05, 4.69) is 5.32 Å². The average molecular weight is 447 g/mol. The van der Waals surface area contributed by atoms with E-state index >= 15 is 0 Å². The number of methoxy groups -OCH3 is 1. The lowest BCUT2D eigenvalue weighted by Crippen LogP contribution is -2.32. The van der Waals surface area contributed by atoms with Crippen LogP contribution in [0.25, 0.3) is 0 Å². The topological polar surface area (TPSA) is 84.9 Å². The van der Waals surface area contributed by atoms with Crippen molar-refractivity contribution < 1.29 is 22.7 Å². The molecule has 168 valence electrons. The molecule has 0 aromatic heterocycles. The van der Waals surface area contributed by atoms with Crippen LogP contribution in [0.3, 0.4) is 0 Å². The maximum atomic E-state index is 13.1. The lowest BCUT2D eigenvalue weighted by atomic mass is 10.2. The Balaban J connectivity index is 1.62.